The van der Waals surface area contributed by atoms with Crippen LogP contribution in [0.1, 0.15) is 84.0 Å². The summed E-state index contributed by atoms with van der Waals surface area (Å²) in [5, 5.41) is 0. The molecule has 0 spiro atoms. The Balaban J connectivity index is 1.83. The summed E-state index contributed by atoms with van der Waals surface area (Å²) in [6.07, 6.45) is 15.7. The van der Waals surface area contributed by atoms with E-state index in [4.69, 9.17) is 4.74 Å². The highest BCUT2D eigenvalue weighted by molar-refractivity contribution is 6.32. The van der Waals surface area contributed by atoms with E-state index in [9.17, 15) is 9.59 Å². The van der Waals surface area contributed by atoms with Crippen LogP contribution in [0, 0.1) is 0 Å². The van der Waals surface area contributed by atoms with Gasteiger partial charge in [-0.2, -0.15) is 0 Å². The molecule has 1 fully saturated rings. The van der Waals surface area contributed by atoms with E-state index in [2.05, 4.69) is 6.92 Å². The third-order valence-electron chi connectivity index (χ3n) is 4.34. The van der Waals surface area contributed by atoms with Crippen molar-refractivity contribution in [1.29, 1.82) is 0 Å². The molecule has 0 aromatic carbocycles. The number of nitrogens with zero attached hydrogens (tertiary/aromatic N) is 1. The molecular weight excluding hydrogens is 278 g/mol. The van der Waals surface area contributed by atoms with Gasteiger partial charge in [-0.15, -0.1) is 0 Å². The molecule has 0 bridgehead atoms. The van der Waals surface area contributed by atoms with Crippen LogP contribution in [0.2, 0.25) is 0 Å². The van der Waals surface area contributed by atoms with Crippen molar-refractivity contribution in [2.45, 2.75) is 84.0 Å². The topological polar surface area (TPSA) is 46.6 Å². The lowest BCUT2D eigenvalue weighted by molar-refractivity contribution is -0.166. The number of amides is 1. The molecule has 0 aliphatic carbocycles. The van der Waals surface area contributed by atoms with Crippen LogP contribution >= 0.6 is 0 Å². The second-order valence-corrected chi connectivity index (χ2v) is 6.32. The standard InChI is InChI=1S/C18H33NO3/c1-2-3-4-5-6-7-8-9-10-11-12-13-14-19-15-16-22-18(21)17(19)20/h2-16H2,1H3. The van der Waals surface area contributed by atoms with Crippen molar-refractivity contribution in [2.24, 2.45) is 0 Å². The number of unbranched alkanes of at least 4 members (excludes halogenated alkanes) is 11. The molecule has 1 aliphatic heterocycles. The molecule has 0 saturated carbocycles. The molecule has 128 valence electrons. The highest BCUT2D eigenvalue weighted by Crippen LogP contribution is 2.12. The summed E-state index contributed by atoms with van der Waals surface area (Å²) in [6.45, 7) is 3.86. The second-order valence-electron chi connectivity index (χ2n) is 6.32. The minimum Gasteiger partial charge on any atom is -0.457 e. The largest absolute Gasteiger partial charge is 0.457 e. The number of hydrogen-bond donors (Lipinski definition) is 0. The summed E-state index contributed by atoms with van der Waals surface area (Å²) in [5.41, 5.74) is 0. The lowest BCUT2D eigenvalue weighted by Crippen LogP contribution is -2.45. The first kappa shape index (κ1) is 19.0. The van der Waals surface area contributed by atoms with Crippen molar-refractivity contribution in [3.8, 4) is 0 Å². The van der Waals surface area contributed by atoms with Gasteiger partial charge in [0.2, 0.25) is 0 Å². The zero-order chi connectivity index (χ0) is 16.0. The van der Waals surface area contributed by atoms with Gasteiger partial charge in [0.15, 0.2) is 0 Å². The number of rotatable bonds is 13. The van der Waals surface area contributed by atoms with Gasteiger partial charge in [-0.1, -0.05) is 77.6 Å². The first-order chi connectivity index (χ1) is 10.8. The third kappa shape index (κ3) is 8.40. The number of ether oxygens (including phenoxy) is 1. The van der Waals surface area contributed by atoms with Gasteiger partial charge in [0.05, 0.1) is 6.54 Å². The molecule has 1 amide bonds. The molecule has 4 nitrogen and oxygen atoms in total. The van der Waals surface area contributed by atoms with Crippen LogP contribution in [-0.4, -0.2) is 36.5 Å². The van der Waals surface area contributed by atoms with Crippen molar-refractivity contribution in [3.05, 3.63) is 0 Å². The molecule has 0 aromatic rings. The Morgan fingerprint density at radius 1 is 0.818 bits per heavy atom. The zero-order valence-corrected chi connectivity index (χ0v) is 14.3. The van der Waals surface area contributed by atoms with E-state index in [1.54, 1.807) is 4.90 Å². The Morgan fingerprint density at radius 3 is 1.86 bits per heavy atom. The van der Waals surface area contributed by atoms with E-state index in [1.165, 1.54) is 64.2 Å². The molecule has 4 heteroatoms. The van der Waals surface area contributed by atoms with Gasteiger partial charge in [0.1, 0.15) is 6.61 Å². The molecule has 1 saturated heterocycles. The van der Waals surface area contributed by atoms with Crippen molar-refractivity contribution in [2.75, 3.05) is 19.7 Å². The predicted octanol–water partition coefficient (Wildman–Crippen LogP) is 4.07. The molecule has 1 rings (SSSR count). The Labute approximate surface area is 135 Å². The number of cyclic esters (lactones) is 1. The first-order valence-electron chi connectivity index (χ1n) is 9.21. The molecule has 0 atom stereocenters. The number of carbonyl (C=O) groups is 2. The Hall–Kier alpha value is -1.06. The van der Waals surface area contributed by atoms with Gasteiger partial charge >= 0.3 is 11.9 Å². The van der Waals surface area contributed by atoms with Crippen LogP contribution in [-0.2, 0) is 14.3 Å². The summed E-state index contributed by atoms with van der Waals surface area (Å²) in [7, 11) is 0. The van der Waals surface area contributed by atoms with Gasteiger partial charge in [0, 0.05) is 6.54 Å². The highest BCUT2D eigenvalue weighted by Gasteiger charge is 2.27. The zero-order valence-electron chi connectivity index (χ0n) is 14.3. The van der Waals surface area contributed by atoms with Crippen LogP contribution in [0.5, 0.6) is 0 Å². The quantitative estimate of drug-likeness (QED) is 0.292. The maximum atomic E-state index is 11.5. The molecule has 0 unspecified atom stereocenters. The molecule has 0 N–H and O–H groups in total. The van der Waals surface area contributed by atoms with E-state index in [0.29, 0.717) is 19.7 Å². The summed E-state index contributed by atoms with van der Waals surface area (Å²) < 4.78 is 4.70. The lowest BCUT2D eigenvalue weighted by Gasteiger charge is -2.25. The normalized spacial score (nSPS) is 15.2. The van der Waals surface area contributed by atoms with Crippen molar-refractivity contribution >= 4 is 11.9 Å². The predicted molar refractivity (Wildman–Crippen MR) is 88.6 cm³/mol. The SMILES string of the molecule is CCCCCCCCCCCCCCN1CCOC(=O)C1=O. The maximum Gasteiger partial charge on any atom is 0.397 e. The minimum absolute atomic E-state index is 0.350. The third-order valence-corrected chi connectivity index (χ3v) is 4.34. The first-order valence-corrected chi connectivity index (χ1v) is 9.21. The molecule has 0 radical (unpaired) electrons. The van der Waals surface area contributed by atoms with Crippen LogP contribution < -0.4 is 0 Å². The van der Waals surface area contributed by atoms with Gasteiger partial charge in [-0.05, 0) is 6.42 Å². The van der Waals surface area contributed by atoms with E-state index in [-0.39, 0.29) is 0 Å². The van der Waals surface area contributed by atoms with Crippen molar-refractivity contribution in [1.82, 2.24) is 4.90 Å². The van der Waals surface area contributed by atoms with Gasteiger partial charge in [0.25, 0.3) is 0 Å². The minimum atomic E-state index is -0.690. The van der Waals surface area contributed by atoms with Crippen molar-refractivity contribution in [3.63, 3.8) is 0 Å². The fraction of sp³-hybridized carbons (Fsp3) is 0.889. The van der Waals surface area contributed by atoms with Gasteiger partial charge in [-0.25, -0.2) is 4.79 Å². The van der Waals surface area contributed by atoms with Crippen LogP contribution in [0.15, 0.2) is 0 Å². The Kier molecular flexibility index (Phi) is 10.8. The smallest absolute Gasteiger partial charge is 0.397 e. The summed E-state index contributed by atoms with van der Waals surface area (Å²) in [5.74, 6) is -1.15. The Bertz CT molecular complexity index is 317. The Morgan fingerprint density at radius 2 is 1.32 bits per heavy atom. The molecular formula is C18H33NO3. The van der Waals surface area contributed by atoms with Crippen LogP contribution in [0.4, 0.5) is 0 Å². The van der Waals surface area contributed by atoms with E-state index in [1.807, 2.05) is 0 Å². The molecule has 0 aromatic heterocycles. The molecule has 22 heavy (non-hydrogen) atoms. The van der Waals surface area contributed by atoms with Crippen LogP contribution in [0.25, 0.3) is 0 Å². The summed E-state index contributed by atoms with van der Waals surface area (Å²) in [4.78, 5) is 24.2. The molecule has 1 aliphatic rings. The van der Waals surface area contributed by atoms with E-state index in [0.717, 1.165) is 12.8 Å². The lowest BCUT2D eigenvalue weighted by atomic mass is 10.1. The maximum absolute atomic E-state index is 11.5. The number of morpholine rings is 1. The summed E-state index contributed by atoms with van der Waals surface area (Å²) in [6, 6.07) is 0. The average Bonchev–Trinajstić information content (AvgIpc) is 2.52. The fourth-order valence-corrected chi connectivity index (χ4v) is 2.90. The summed E-state index contributed by atoms with van der Waals surface area (Å²) >= 11 is 0. The number of esters is 1. The van der Waals surface area contributed by atoms with E-state index < -0.39 is 11.9 Å². The number of hydrogen-bond acceptors (Lipinski definition) is 3. The van der Waals surface area contributed by atoms with Crippen molar-refractivity contribution < 1.29 is 14.3 Å². The van der Waals surface area contributed by atoms with E-state index >= 15 is 0 Å². The van der Waals surface area contributed by atoms with Crippen LogP contribution in [0.3, 0.4) is 0 Å². The molecule has 1 heterocycles. The van der Waals surface area contributed by atoms with Gasteiger partial charge < -0.3 is 9.64 Å². The second kappa shape index (κ2) is 12.5. The monoisotopic (exact) mass is 311 g/mol. The fourth-order valence-electron chi connectivity index (χ4n) is 2.90. The average molecular weight is 311 g/mol. The highest BCUT2D eigenvalue weighted by atomic mass is 16.5. The number of carbonyl (C=O) groups excluding carboxylic acids is 2. The van der Waals surface area contributed by atoms with Gasteiger partial charge in [-0.3, -0.25) is 4.79 Å².